The number of unbranched alkanes of at least 4 members (excludes halogenated alkanes) is 3. The van der Waals surface area contributed by atoms with E-state index in [1.54, 1.807) is 18.2 Å². The molecule has 0 aromatic rings. The molecule has 0 aliphatic heterocycles. The second-order valence-electron chi connectivity index (χ2n) is 6.48. The molecule has 7 heteroatoms. The van der Waals surface area contributed by atoms with E-state index in [4.69, 9.17) is 0 Å². The van der Waals surface area contributed by atoms with E-state index in [1.807, 2.05) is 41.5 Å². The quantitative estimate of drug-likeness (QED) is 0.313. The van der Waals surface area contributed by atoms with E-state index in [9.17, 15) is 29.7 Å². The summed E-state index contributed by atoms with van der Waals surface area (Å²) in [5, 5.41) is 30.8. The van der Waals surface area contributed by atoms with E-state index in [0.717, 1.165) is 38.5 Å². The molecule has 31 heavy (non-hydrogen) atoms. The van der Waals surface area contributed by atoms with E-state index in [2.05, 4.69) is 0 Å². The van der Waals surface area contributed by atoms with Gasteiger partial charge in [0.1, 0.15) is 0 Å². The van der Waals surface area contributed by atoms with Crippen LogP contribution in [0, 0.1) is 0 Å². The maximum Gasteiger partial charge on any atom is 3.00 e. The van der Waals surface area contributed by atoms with Crippen molar-refractivity contribution in [1.29, 1.82) is 0 Å². The number of carboxylic acids is 3. The monoisotopic (exact) mass is 479 g/mol. The summed E-state index contributed by atoms with van der Waals surface area (Å²) >= 11 is 0. The summed E-state index contributed by atoms with van der Waals surface area (Å²) in [6.07, 6.45) is 12.3. The van der Waals surface area contributed by atoms with Gasteiger partial charge in [0, 0.05) is 0 Å². The Morgan fingerprint density at radius 3 is 0.806 bits per heavy atom. The van der Waals surface area contributed by atoms with Crippen LogP contribution in [0.25, 0.3) is 0 Å². The number of carboxylic acid groups (broad SMARTS) is 3. The number of carbonyl (C=O) groups is 3. The first-order chi connectivity index (χ1) is 14.2. The summed E-state index contributed by atoms with van der Waals surface area (Å²) < 4.78 is 0. The maximum absolute atomic E-state index is 10.3. The summed E-state index contributed by atoms with van der Waals surface area (Å²) in [4.78, 5) is 30.8. The van der Waals surface area contributed by atoms with Crippen LogP contribution in [-0.2, 0) is 31.5 Å². The van der Waals surface area contributed by atoms with Gasteiger partial charge in [0.25, 0.3) is 0 Å². The summed E-state index contributed by atoms with van der Waals surface area (Å²) in [5.41, 5.74) is 1.26. The third-order valence-corrected chi connectivity index (χ3v) is 3.97. The number of carbonyl (C=O) groups excluding carboxylic acids is 3. The molecule has 6 nitrogen and oxygen atoms in total. The van der Waals surface area contributed by atoms with Crippen LogP contribution in [0.3, 0.4) is 0 Å². The molecule has 0 atom stereocenters. The van der Waals surface area contributed by atoms with Gasteiger partial charge < -0.3 is 29.7 Å². The van der Waals surface area contributed by atoms with Crippen molar-refractivity contribution in [2.75, 3.05) is 0 Å². The first-order valence-corrected chi connectivity index (χ1v) is 10.9. The number of aliphatic carboxylic acids is 3. The standard InChI is InChI=1S/3C8H14O2.Fe/c3*1-3-5-6-7(4-2)8(9)10;/h3*6H,3-5H2,1-2H3,(H,9,10);/q;;;+3/p-3. The molecule has 0 saturated heterocycles. The molecule has 0 bridgehead atoms. The van der Waals surface area contributed by atoms with Gasteiger partial charge in [-0.3, -0.25) is 0 Å². The molecular weight excluding hydrogens is 440 g/mol. The maximum atomic E-state index is 10.3. The van der Waals surface area contributed by atoms with Gasteiger partial charge in [-0.15, -0.1) is 0 Å². The van der Waals surface area contributed by atoms with E-state index in [0.29, 0.717) is 36.0 Å². The molecule has 0 unspecified atom stereocenters. The van der Waals surface area contributed by atoms with Crippen LogP contribution in [0.15, 0.2) is 34.9 Å². The molecule has 0 aromatic heterocycles. The van der Waals surface area contributed by atoms with E-state index < -0.39 is 17.9 Å². The minimum Gasteiger partial charge on any atom is -0.545 e. The molecule has 0 aromatic carbocycles. The minimum absolute atomic E-state index is 0. The van der Waals surface area contributed by atoms with Crippen molar-refractivity contribution < 1.29 is 46.8 Å². The summed E-state index contributed by atoms with van der Waals surface area (Å²) in [5.74, 6) is -3.09. The van der Waals surface area contributed by atoms with Crippen molar-refractivity contribution in [1.82, 2.24) is 0 Å². The molecule has 0 N–H and O–H groups in total. The molecular formula is C24H39FeO6. The van der Waals surface area contributed by atoms with E-state index in [1.165, 1.54) is 0 Å². The van der Waals surface area contributed by atoms with Crippen LogP contribution in [0.2, 0.25) is 0 Å². The number of hydrogen-bond acceptors (Lipinski definition) is 6. The van der Waals surface area contributed by atoms with Gasteiger partial charge in [-0.05, 0) is 55.2 Å². The Morgan fingerprint density at radius 2 is 0.710 bits per heavy atom. The van der Waals surface area contributed by atoms with Crippen LogP contribution in [0.5, 0.6) is 0 Å². The van der Waals surface area contributed by atoms with Gasteiger partial charge in [0.15, 0.2) is 0 Å². The van der Waals surface area contributed by atoms with Crippen molar-refractivity contribution in [2.24, 2.45) is 0 Å². The molecule has 1 radical (unpaired) electrons. The first kappa shape index (κ1) is 36.5. The average molecular weight is 479 g/mol. The Hall–Kier alpha value is -1.85. The summed E-state index contributed by atoms with van der Waals surface area (Å²) in [6, 6.07) is 0. The van der Waals surface area contributed by atoms with Crippen molar-refractivity contribution >= 4 is 17.9 Å². The molecule has 0 heterocycles. The average Bonchev–Trinajstić information content (AvgIpc) is 2.70. The second kappa shape index (κ2) is 26.2. The smallest absolute Gasteiger partial charge is 0.545 e. The molecule has 0 spiro atoms. The Balaban J connectivity index is -0.000000174. The van der Waals surface area contributed by atoms with Gasteiger partial charge in [-0.2, -0.15) is 0 Å². The van der Waals surface area contributed by atoms with Gasteiger partial charge >= 0.3 is 17.1 Å². The first-order valence-electron chi connectivity index (χ1n) is 10.9. The summed E-state index contributed by atoms with van der Waals surface area (Å²) in [6.45, 7) is 11.5. The Morgan fingerprint density at radius 1 is 0.516 bits per heavy atom. The van der Waals surface area contributed by atoms with Crippen LogP contribution < -0.4 is 15.3 Å². The largest absolute Gasteiger partial charge is 3.00 e. The Labute approximate surface area is 199 Å². The van der Waals surface area contributed by atoms with Gasteiger partial charge in [-0.1, -0.05) is 79.0 Å². The zero-order valence-corrected chi connectivity index (χ0v) is 21.0. The van der Waals surface area contributed by atoms with E-state index in [-0.39, 0.29) is 17.1 Å². The molecule has 179 valence electrons. The Bertz CT molecular complexity index is 496. The molecule has 0 fully saturated rings. The van der Waals surface area contributed by atoms with E-state index >= 15 is 0 Å². The predicted octanol–water partition coefficient (Wildman–Crippen LogP) is 2.62. The molecule has 0 saturated carbocycles. The van der Waals surface area contributed by atoms with Crippen LogP contribution in [-0.4, -0.2) is 17.9 Å². The summed E-state index contributed by atoms with van der Waals surface area (Å²) in [7, 11) is 0. The molecule has 0 aliphatic carbocycles. The zero-order valence-electron chi connectivity index (χ0n) is 19.9. The minimum atomic E-state index is -1.03. The van der Waals surface area contributed by atoms with Gasteiger partial charge in [-0.25, -0.2) is 0 Å². The number of hydrogen-bond donors (Lipinski definition) is 0. The second-order valence-corrected chi connectivity index (χ2v) is 6.48. The fourth-order valence-electron chi connectivity index (χ4n) is 2.07. The van der Waals surface area contributed by atoms with Crippen LogP contribution in [0.1, 0.15) is 99.3 Å². The predicted molar refractivity (Wildman–Crippen MR) is 115 cm³/mol. The third-order valence-electron chi connectivity index (χ3n) is 3.97. The Kier molecular flexibility index (Phi) is 30.8. The van der Waals surface area contributed by atoms with Crippen molar-refractivity contribution in [3.05, 3.63) is 34.9 Å². The third kappa shape index (κ3) is 24.3. The normalized spacial score (nSPS) is 11.2. The van der Waals surface area contributed by atoms with Crippen molar-refractivity contribution in [3.8, 4) is 0 Å². The van der Waals surface area contributed by atoms with Crippen molar-refractivity contribution in [3.63, 3.8) is 0 Å². The number of rotatable bonds is 12. The topological polar surface area (TPSA) is 120 Å². The SMILES string of the molecule is CCCC=C(CC)C(=O)[O-].CCCC=C(CC)C(=O)[O-].CCCC=C(CC)C(=O)[O-].[Fe+3]. The molecule has 0 aliphatic rings. The van der Waals surface area contributed by atoms with Crippen LogP contribution >= 0.6 is 0 Å². The fourth-order valence-corrected chi connectivity index (χ4v) is 2.07. The molecule has 0 amide bonds. The van der Waals surface area contributed by atoms with Gasteiger partial charge in [0.2, 0.25) is 0 Å². The number of allylic oxidation sites excluding steroid dienone is 3. The molecule has 0 rings (SSSR count). The zero-order chi connectivity index (χ0) is 23.9. The fraction of sp³-hybridized carbons (Fsp3) is 0.625. The van der Waals surface area contributed by atoms with Gasteiger partial charge in [0.05, 0.1) is 17.9 Å². The van der Waals surface area contributed by atoms with Crippen LogP contribution in [0.4, 0.5) is 0 Å². The van der Waals surface area contributed by atoms with Crippen molar-refractivity contribution in [2.45, 2.75) is 99.3 Å².